The highest BCUT2D eigenvalue weighted by Crippen LogP contribution is 2.28. The molecule has 7 heteroatoms. The van der Waals surface area contributed by atoms with Gasteiger partial charge in [0.15, 0.2) is 0 Å². The van der Waals surface area contributed by atoms with E-state index < -0.39 is 0 Å². The lowest BCUT2D eigenvalue weighted by Gasteiger charge is -2.04. The fourth-order valence-electron chi connectivity index (χ4n) is 2.51. The molecule has 0 radical (unpaired) electrons. The summed E-state index contributed by atoms with van der Waals surface area (Å²) in [4.78, 5) is 14.6. The molecule has 1 N–H and O–H groups in total. The number of aromatic amines is 1. The smallest absolute Gasteiger partial charge is 0.277 e. The lowest BCUT2D eigenvalue weighted by molar-refractivity contribution is 0.466. The van der Waals surface area contributed by atoms with Crippen LogP contribution < -0.4 is 5.56 Å². The van der Waals surface area contributed by atoms with Crippen molar-refractivity contribution >= 4 is 34.3 Å². The van der Waals surface area contributed by atoms with Gasteiger partial charge in [-0.25, -0.2) is 0 Å². The summed E-state index contributed by atoms with van der Waals surface area (Å²) in [6, 6.07) is 16.5. The lowest BCUT2D eigenvalue weighted by Crippen LogP contribution is -2.05. The first-order valence-electron chi connectivity index (χ1n) is 7.52. The van der Waals surface area contributed by atoms with Crippen LogP contribution in [-0.2, 0) is 5.75 Å². The molecule has 0 bridgehead atoms. The number of pyridine rings is 1. The van der Waals surface area contributed by atoms with Crippen LogP contribution in [0.25, 0.3) is 22.4 Å². The van der Waals surface area contributed by atoms with E-state index in [2.05, 4.69) is 15.2 Å². The van der Waals surface area contributed by atoms with Gasteiger partial charge in [-0.15, -0.1) is 10.2 Å². The molecular formula is C18H12ClN3O2S. The number of thioether (sulfide) groups is 1. The molecular weight excluding hydrogens is 358 g/mol. The van der Waals surface area contributed by atoms with Crippen LogP contribution in [0.3, 0.4) is 0 Å². The monoisotopic (exact) mass is 369 g/mol. The summed E-state index contributed by atoms with van der Waals surface area (Å²) in [5.74, 6) is 1.00. The number of benzene rings is 2. The molecule has 0 atom stereocenters. The van der Waals surface area contributed by atoms with Gasteiger partial charge in [-0.3, -0.25) is 4.79 Å². The Balaban J connectivity index is 1.56. The Kier molecular flexibility index (Phi) is 4.29. The van der Waals surface area contributed by atoms with Gasteiger partial charge in [0.1, 0.15) is 0 Å². The minimum Gasteiger partial charge on any atom is -0.411 e. The maximum Gasteiger partial charge on any atom is 0.277 e. The Bertz CT molecular complexity index is 1090. The molecule has 4 rings (SSSR count). The van der Waals surface area contributed by atoms with E-state index >= 15 is 0 Å². The van der Waals surface area contributed by atoms with Crippen molar-refractivity contribution in [3.05, 3.63) is 75.5 Å². The number of halogens is 1. The van der Waals surface area contributed by atoms with Crippen LogP contribution in [-0.4, -0.2) is 15.2 Å². The summed E-state index contributed by atoms with van der Waals surface area (Å²) in [6.07, 6.45) is 0. The molecule has 0 fully saturated rings. The summed E-state index contributed by atoms with van der Waals surface area (Å²) < 4.78 is 5.69. The van der Waals surface area contributed by atoms with Crippen LogP contribution in [0.4, 0.5) is 0 Å². The second kappa shape index (κ2) is 6.74. The van der Waals surface area contributed by atoms with Crippen LogP contribution in [0.2, 0.25) is 5.02 Å². The van der Waals surface area contributed by atoms with Gasteiger partial charge in [0.2, 0.25) is 11.4 Å². The van der Waals surface area contributed by atoms with Gasteiger partial charge in [0.25, 0.3) is 5.22 Å². The van der Waals surface area contributed by atoms with Crippen molar-refractivity contribution in [2.24, 2.45) is 0 Å². The van der Waals surface area contributed by atoms with E-state index in [1.54, 1.807) is 18.2 Å². The van der Waals surface area contributed by atoms with Crippen LogP contribution in [0, 0.1) is 0 Å². The molecule has 2 aromatic heterocycles. The first-order valence-corrected chi connectivity index (χ1v) is 8.88. The van der Waals surface area contributed by atoms with Crippen molar-refractivity contribution in [1.29, 1.82) is 0 Å². The molecule has 124 valence electrons. The van der Waals surface area contributed by atoms with Gasteiger partial charge in [-0.2, -0.15) is 0 Å². The molecule has 0 saturated heterocycles. The largest absolute Gasteiger partial charge is 0.411 e. The molecule has 0 aliphatic carbocycles. The summed E-state index contributed by atoms with van der Waals surface area (Å²) in [7, 11) is 0. The molecule has 0 aliphatic rings. The Morgan fingerprint density at radius 1 is 1.08 bits per heavy atom. The average Bonchev–Trinajstić information content (AvgIpc) is 3.09. The Morgan fingerprint density at radius 3 is 2.72 bits per heavy atom. The number of hydrogen-bond acceptors (Lipinski definition) is 5. The van der Waals surface area contributed by atoms with Gasteiger partial charge in [0.05, 0.1) is 0 Å². The van der Waals surface area contributed by atoms with Crippen molar-refractivity contribution in [1.82, 2.24) is 15.2 Å². The summed E-state index contributed by atoms with van der Waals surface area (Å²) >= 11 is 7.28. The van der Waals surface area contributed by atoms with Gasteiger partial charge in [-0.05, 0) is 35.9 Å². The zero-order valence-electron chi connectivity index (χ0n) is 12.9. The molecule has 5 nitrogen and oxygen atoms in total. The lowest BCUT2D eigenvalue weighted by atomic mass is 10.1. The van der Waals surface area contributed by atoms with E-state index in [4.69, 9.17) is 16.0 Å². The third-order valence-corrected chi connectivity index (χ3v) is 4.80. The highest BCUT2D eigenvalue weighted by Gasteiger charge is 2.11. The van der Waals surface area contributed by atoms with E-state index in [9.17, 15) is 4.79 Å². The standard InChI is InChI=1S/C18H12ClN3O2S/c19-13-7-5-11(6-8-13)17-21-22-18(24-17)25-10-12-9-16(23)20-15-4-2-1-3-14(12)15/h1-9H,10H2,(H,20,23). The summed E-state index contributed by atoms with van der Waals surface area (Å²) in [5, 5.41) is 10.2. The van der Waals surface area contributed by atoms with E-state index in [1.165, 1.54) is 11.8 Å². The third kappa shape index (κ3) is 3.45. The molecule has 4 aromatic rings. The molecule has 2 aromatic carbocycles. The minimum atomic E-state index is -0.123. The van der Waals surface area contributed by atoms with Crippen molar-refractivity contribution in [3.63, 3.8) is 0 Å². The first-order chi connectivity index (χ1) is 12.2. The second-order valence-corrected chi connectivity index (χ2v) is 6.74. The fraction of sp³-hybridized carbons (Fsp3) is 0.0556. The predicted molar refractivity (Wildman–Crippen MR) is 98.9 cm³/mol. The quantitative estimate of drug-likeness (QED) is 0.535. The summed E-state index contributed by atoms with van der Waals surface area (Å²) in [6.45, 7) is 0. The van der Waals surface area contributed by atoms with Gasteiger partial charge >= 0.3 is 0 Å². The van der Waals surface area contributed by atoms with Crippen molar-refractivity contribution in [2.75, 3.05) is 0 Å². The van der Waals surface area contributed by atoms with E-state index in [-0.39, 0.29) is 5.56 Å². The molecule has 0 saturated carbocycles. The van der Waals surface area contributed by atoms with E-state index in [0.717, 1.165) is 22.0 Å². The van der Waals surface area contributed by atoms with Gasteiger partial charge in [-0.1, -0.05) is 41.6 Å². The molecule has 0 aliphatic heterocycles. The molecule has 25 heavy (non-hydrogen) atoms. The summed E-state index contributed by atoms with van der Waals surface area (Å²) in [5.41, 5.74) is 2.43. The SMILES string of the molecule is O=c1cc(CSc2nnc(-c3ccc(Cl)cc3)o2)c2ccccc2[nH]1. The average molecular weight is 370 g/mol. The van der Waals surface area contributed by atoms with Gasteiger partial charge < -0.3 is 9.40 Å². The second-order valence-electron chi connectivity index (χ2n) is 5.37. The highest BCUT2D eigenvalue weighted by atomic mass is 35.5. The maximum absolute atomic E-state index is 11.8. The van der Waals surface area contributed by atoms with Crippen LogP contribution >= 0.6 is 23.4 Å². The fourth-order valence-corrected chi connectivity index (χ4v) is 3.39. The zero-order valence-corrected chi connectivity index (χ0v) is 14.5. The Hall–Kier alpha value is -2.57. The normalized spacial score (nSPS) is 11.1. The van der Waals surface area contributed by atoms with Crippen LogP contribution in [0.15, 0.2) is 69.0 Å². The van der Waals surface area contributed by atoms with Crippen LogP contribution in [0.5, 0.6) is 0 Å². The topological polar surface area (TPSA) is 71.8 Å². The number of H-pyrrole nitrogens is 1. The maximum atomic E-state index is 11.8. The zero-order chi connectivity index (χ0) is 17.2. The third-order valence-electron chi connectivity index (χ3n) is 3.68. The molecule has 0 spiro atoms. The Morgan fingerprint density at radius 2 is 1.88 bits per heavy atom. The van der Waals surface area contributed by atoms with Crippen molar-refractivity contribution < 1.29 is 4.42 Å². The molecule has 0 amide bonds. The Labute approximate surface area is 152 Å². The number of aromatic nitrogens is 3. The van der Waals surface area contributed by atoms with Gasteiger partial charge in [0, 0.05) is 33.3 Å². The number of fused-ring (bicyclic) bond motifs is 1. The van der Waals surface area contributed by atoms with E-state index in [0.29, 0.717) is 21.9 Å². The van der Waals surface area contributed by atoms with Crippen LogP contribution in [0.1, 0.15) is 5.56 Å². The molecule has 2 heterocycles. The number of nitrogens with one attached hydrogen (secondary N) is 1. The highest BCUT2D eigenvalue weighted by molar-refractivity contribution is 7.98. The predicted octanol–water partition coefficient (Wildman–Crippen LogP) is 4.52. The number of para-hydroxylation sites is 1. The number of nitrogens with zero attached hydrogens (tertiary/aromatic N) is 2. The first kappa shape index (κ1) is 15.9. The number of hydrogen-bond donors (Lipinski definition) is 1. The van der Waals surface area contributed by atoms with Crippen molar-refractivity contribution in [3.8, 4) is 11.5 Å². The van der Waals surface area contributed by atoms with E-state index in [1.807, 2.05) is 36.4 Å². The molecule has 0 unspecified atom stereocenters. The van der Waals surface area contributed by atoms with Crippen molar-refractivity contribution in [2.45, 2.75) is 11.0 Å². The number of rotatable bonds is 4. The minimum absolute atomic E-state index is 0.123.